The molecule has 14 heavy (non-hydrogen) atoms. The first kappa shape index (κ1) is 10.4. The van der Waals surface area contributed by atoms with Gasteiger partial charge in [0.1, 0.15) is 0 Å². The third kappa shape index (κ3) is 2.27. The molecule has 3 heteroatoms. The fourth-order valence-corrected chi connectivity index (χ4v) is 2.41. The van der Waals surface area contributed by atoms with Gasteiger partial charge >= 0.3 is 0 Å². The van der Waals surface area contributed by atoms with Crippen molar-refractivity contribution in [2.45, 2.75) is 38.3 Å². The van der Waals surface area contributed by atoms with E-state index in [-0.39, 0.29) is 5.54 Å². The maximum atomic E-state index is 5.52. The van der Waals surface area contributed by atoms with Crippen molar-refractivity contribution in [3.63, 3.8) is 0 Å². The highest BCUT2D eigenvalue weighted by atomic mass is 16.5. The third-order valence-electron chi connectivity index (χ3n) is 3.42. The van der Waals surface area contributed by atoms with E-state index in [0.29, 0.717) is 6.04 Å². The Morgan fingerprint density at radius 1 is 1.50 bits per heavy atom. The zero-order valence-corrected chi connectivity index (χ0v) is 9.38. The first-order valence-electron chi connectivity index (χ1n) is 5.75. The maximum absolute atomic E-state index is 5.52. The van der Waals surface area contributed by atoms with Crippen LogP contribution in [0.3, 0.4) is 0 Å². The van der Waals surface area contributed by atoms with E-state index < -0.39 is 0 Å². The summed E-state index contributed by atoms with van der Waals surface area (Å²) in [7, 11) is 0. The lowest BCUT2D eigenvalue weighted by atomic mass is 10.0. The van der Waals surface area contributed by atoms with Crippen LogP contribution in [0.15, 0.2) is 0 Å². The standard InChI is InChI=1S/C11H22N2O/c1-11(2)9-14-7-6-13(11)8-10-4-3-5-12-10/h10,12H,3-9H2,1-2H3. The van der Waals surface area contributed by atoms with E-state index in [0.717, 1.165) is 19.8 Å². The monoisotopic (exact) mass is 198 g/mol. The molecule has 82 valence electrons. The van der Waals surface area contributed by atoms with E-state index >= 15 is 0 Å². The molecule has 1 N–H and O–H groups in total. The molecule has 3 nitrogen and oxygen atoms in total. The molecule has 2 rings (SSSR count). The summed E-state index contributed by atoms with van der Waals surface area (Å²) < 4.78 is 5.52. The van der Waals surface area contributed by atoms with E-state index in [1.54, 1.807) is 0 Å². The topological polar surface area (TPSA) is 24.5 Å². The van der Waals surface area contributed by atoms with E-state index in [1.807, 2.05) is 0 Å². The fraction of sp³-hybridized carbons (Fsp3) is 1.00. The van der Waals surface area contributed by atoms with Crippen LogP contribution < -0.4 is 5.32 Å². The van der Waals surface area contributed by atoms with Crippen molar-refractivity contribution >= 4 is 0 Å². The van der Waals surface area contributed by atoms with Gasteiger partial charge in [0.2, 0.25) is 0 Å². The lowest BCUT2D eigenvalue weighted by molar-refractivity contribution is -0.0537. The highest BCUT2D eigenvalue weighted by Gasteiger charge is 2.32. The molecular weight excluding hydrogens is 176 g/mol. The molecule has 2 aliphatic heterocycles. The number of rotatable bonds is 2. The zero-order chi connectivity index (χ0) is 10.0. The summed E-state index contributed by atoms with van der Waals surface area (Å²) in [6.07, 6.45) is 2.68. The highest BCUT2D eigenvalue weighted by Crippen LogP contribution is 2.20. The van der Waals surface area contributed by atoms with Crippen molar-refractivity contribution in [2.24, 2.45) is 0 Å². The molecule has 2 heterocycles. The van der Waals surface area contributed by atoms with Gasteiger partial charge in [0.05, 0.1) is 13.2 Å². The SMILES string of the molecule is CC1(C)COCCN1CC1CCCN1. The highest BCUT2D eigenvalue weighted by molar-refractivity contribution is 4.88. The van der Waals surface area contributed by atoms with E-state index in [9.17, 15) is 0 Å². The molecule has 0 aromatic carbocycles. The van der Waals surface area contributed by atoms with Crippen LogP contribution in [0.2, 0.25) is 0 Å². The lowest BCUT2D eigenvalue weighted by Gasteiger charge is -2.43. The van der Waals surface area contributed by atoms with Gasteiger partial charge < -0.3 is 10.1 Å². The predicted molar refractivity (Wildman–Crippen MR) is 57.5 cm³/mol. The van der Waals surface area contributed by atoms with Crippen LogP contribution in [0.4, 0.5) is 0 Å². The summed E-state index contributed by atoms with van der Waals surface area (Å²) in [6.45, 7) is 9.81. The van der Waals surface area contributed by atoms with Crippen LogP contribution in [-0.2, 0) is 4.74 Å². The Hall–Kier alpha value is -0.120. The number of ether oxygens (including phenoxy) is 1. The van der Waals surface area contributed by atoms with Crippen LogP contribution in [0.5, 0.6) is 0 Å². The largest absolute Gasteiger partial charge is 0.378 e. The lowest BCUT2D eigenvalue weighted by Crippen LogP contribution is -2.56. The zero-order valence-electron chi connectivity index (χ0n) is 9.38. The summed E-state index contributed by atoms with van der Waals surface area (Å²) in [5.41, 5.74) is 0.225. The number of nitrogens with one attached hydrogen (secondary N) is 1. The van der Waals surface area contributed by atoms with E-state index in [2.05, 4.69) is 24.1 Å². The molecule has 2 aliphatic rings. The summed E-state index contributed by atoms with van der Waals surface area (Å²) in [6, 6.07) is 0.715. The molecule has 0 aliphatic carbocycles. The second-order valence-electron chi connectivity index (χ2n) is 5.10. The van der Waals surface area contributed by atoms with Crippen molar-refractivity contribution in [3.8, 4) is 0 Å². The Balaban J connectivity index is 1.88. The Labute approximate surface area is 86.8 Å². The minimum absolute atomic E-state index is 0.225. The minimum atomic E-state index is 0.225. The smallest absolute Gasteiger partial charge is 0.0645 e. The van der Waals surface area contributed by atoms with Crippen LogP contribution in [-0.4, -0.2) is 49.3 Å². The molecule has 2 fully saturated rings. The average molecular weight is 198 g/mol. The van der Waals surface area contributed by atoms with Crippen LogP contribution in [0.25, 0.3) is 0 Å². The van der Waals surface area contributed by atoms with Gasteiger partial charge in [0, 0.05) is 24.7 Å². The second kappa shape index (κ2) is 4.17. The van der Waals surface area contributed by atoms with E-state index in [4.69, 9.17) is 4.74 Å². The molecule has 0 bridgehead atoms. The van der Waals surface area contributed by atoms with E-state index in [1.165, 1.54) is 25.9 Å². The molecule has 0 radical (unpaired) electrons. The molecule has 0 aromatic rings. The Morgan fingerprint density at radius 3 is 3.00 bits per heavy atom. The second-order valence-corrected chi connectivity index (χ2v) is 5.10. The van der Waals surface area contributed by atoms with Gasteiger partial charge in [-0.2, -0.15) is 0 Å². The number of hydrogen-bond acceptors (Lipinski definition) is 3. The van der Waals surface area contributed by atoms with Gasteiger partial charge in [0.15, 0.2) is 0 Å². The van der Waals surface area contributed by atoms with Crippen molar-refractivity contribution in [2.75, 3.05) is 32.8 Å². The Morgan fingerprint density at radius 2 is 2.36 bits per heavy atom. The molecule has 2 saturated heterocycles. The molecule has 0 amide bonds. The Bertz CT molecular complexity index is 188. The van der Waals surface area contributed by atoms with Crippen molar-refractivity contribution in [1.29, 1.82) is 0 Å². The van der Waals surface area contributed by atoms with Gasteiger partial charge in [-0.1, -0.05) is 0 Å². The van der Waals surface area contributed by atoms with Crippen molar-refractivity contribution in [3.05, 3.63) is 0 Å². The van der Waals surface area contributed by atoms with Gasteiger partial charge in [-0.15, -0.1) is 0 Å². The first-order chi connectivity index (χ1) is 6.68. The Kier molecular flexibility index (Phi) is 3.10. The maximum Gasteiger partial charge on any atom is 0.0645 e. The summed E-state index contributed by atoms with van der Waals surface area (Å²) in [5.74, 6) is 0. The minimum Gasteiger partial charge on any atom is -0.378 e. The molecule has 0 aromatic heterocycles. The van der Waals surface area contributed by atoms with Crippen LogP contribution in [0.1, 0.15) is 26.7 Å². The van der Waals surface area contributed by atoms with Crippen LogP contribution in [0, 0.1) is 0 Å². The normalized spacial score (nSPS) is 33.4. The van der Waals surface area contributed by atoms with Gasteiger partial charge in [0.25, 0.3) is 0 Å². The third-order valence-corrected chi connectivity index (χ3v) is 3.42. The number of hydrogen-bond donors (Lipinski definition) is 1. The molecule has 1 atom stereocenters. The summed E-state index contributed by atoms with van der Waals surface area (Å²) in [5, 5.41) is 3.56. The summed E-state index contributed by atoms with van der Waals surface area (Å²) >= 11 is 0. The first-order valence-corrected chi connectivity index (χ1v) is 5.75. The van der Waals surface area contributed by atoms with Crippen LogP contribution >= 0.6 is 0 Å². The average Bonchev–Trinajstić information content (AvgIpc) is 2.61. The van der Waals surface area contributed by atoms with Gasteiger partial charge in [-0.05, 0) is 33.2 Å². The molecular formula is C11H22N2O. The molecule has 0 spiro atoms. The van der Waals surface area contributed by atoms with Gasteiger partial charge in [-0.3, -0.25) is 4.90 Å². The quantitative estimate of drug-likeness (QED) is 0.712. The number of nitrogens with zero attached hydrogens (tertiary/aromatic N) is 1. The fourth-order valence-electron chi connectivity index (χ4n) is 2.41. The van der Waals surface area contributed by atoms with Crippen molar-refractivity contribution < 1.29 is 4.74 Å². The molecule has 1 unspecified atom stereocenters. The summed E-state index contributed by atoms with van der Waals surface area (Å²) in [4.78, 5) is 2.57. The predicted octanol–water partition coefficient (Wildman–Crippen LogP) is 0.849. The van der Waals surface area contributed by atoms with Gasteiger partial charge in [-0.25, -0.2) is 0 Å². The number of morpholine rings is 1. The van der Waals surface area contributed by atoms with Crippen molar-refractivity contribution in [1.82, 2.24) is 10.2 Å². The molecule has 0 saturated carbocycles.